The number of nitrogens with zero attached hydrogens (tertiary/aromatic N) is 1. The second-order valence-corrected chi connectivity index (χ2v) is 11.2. The van der Waals surface area contributed by atoms with E-state index in [1.165, 1.54) is 6.42 Å². The summed E-state index contributed by atoms with van der Waals surface area (Å²) < 4.78 is 11.7. The van der Waals surface area contributed by atoms with Crippen LogP contribution in [0.25, 0.3) is 0 Å². The number of rotatable bonds is 7. The van der Waals surface area contributed by atoms with Gasteiger partial charge in [0.1, 0.15) is 17.4 Å². The summed E-state index contributed by atoms with van der Waals surface area (Å²) in [6.45, 7) is 2.28. The lowest BCUT2D eigenvalue weighted by Gasteiger charge is -2.34. The topological polar surface area (TPSA) is 97.0 Å². The molecule has 204 valence electrons. The van der Waals surface area contributed by atoms with Gasteiger partial charge in [0.2, 0.25) is 17.7 Å². The van der Waals surface area contributed by atoms with E-state index in [4.69, 9.17) is 9.47 Å². The number of ether oxygens (including phenoxy) is 2. The SMILES string of the molecule is COc1cccc(NC(=O)C2C3C=CC4(O3)C2C(=O)N(Cc2ccc(C)cc2)C4C(=O)NC2CCCCC2)c1. The van der Waals surface area contributed by atoms with E-state index >= 15 is 0 Å². The largest absolute Gasteiger partial charge is 0.497 e. The number of benzene rings is 2. The normalized spacial score (nSPS) is 29.4. The van der Waals surface area contributed by atoms with Crippen molar-refractivity contribution >= 4 is 23.4 Å². The molecule has 2 saturated heterocycles. The average Bonchev–Trinajstić information content (AvgIpc) is 3.58. The van der Waals surface area contributed by atoms with Crippen LogP contribution in [-0.2, 0) is 25.7 Å². The first-order valence-corrected chi connectivity index (χ1v) is 13.9. The Morgan fingerprint density at radius 1 is 1.08 bits per heavy atom. The van der Waals surface area contributed by atoms with Crippen LogP contribution >= 0.6 is 0 Å². The number of anilines is 1. The van der Waals surface area contributed by atoms with Crippen molar-refractivity contribution in [3.05, 3.63) is 71.8 Å². The number of methoxy groups -OCH3 is 1. The molecule has 2 N–H and O–H groups in total. The number of hydrogen-bond acceptors (Lipinski definition) is 5. The minimum Gasteiger partial charge on any atom is -0.497 e. The molecule has 39 heavy (non-hydrogen) atoms. The summed E-state index contributed by atoms with van der Waals surface area (Å²) in [5.74, 6) is -1.65. The fourth-order valence-electron chi connectivity index (χ4n) is 6.78. The third kappa shape index (κ3) is 4.50. The summed E-state index contributed by atoms with van der Waals surface area (Å²) in [7, 11) is 1.57. The molecule has 3 aliphatic heterocycles. The fraction of sp³-hybridized carbons (Fsp3) is 0.452. The molecule has 3 amide bonds. The number of nitrogens with one attached hydrogen (secondary N) is 2. The van der Waals surface area contributed by atoms with Gasteiger partial charge >= 0.3 is 0 Å². The van der Waals surface area contributed by atoms with Gasteiger partial charge in [0, 0.05) is 24.3 Å². The number of hydrogen-bond donors (Lipinski definition) is 2. The zero-order chi connectivity index (χ0) is 27.1. The predicted octanol–water partition coefficient (Wildman–Crippen LogP) is 3.74. The van der Waals surface area contributed by atoms with Gasteiger partial charge in [-0.3, -0.25) is 14.4 Å². The van der Waals surface area contributed by atoms with Crippen LogP contribution in [0.5, 0.6) is 5.75 Å². The molecule has 0 radical (unpaired) electrons. The van der Waals surface area contributed by atoms with E-state index in [2.05, 4.69) is 10.6 Å². The first-order valence-electron chi connectivity index (χ1n) is 13.9. The maximum absolute atomic E-state index is 14.1. The standard InChI is InChI=1S/C31H35N3O5/c1-19-11-13-20(14-12-19)18-34-27(29(36)32-21-7-4-3-5-8-21)31-16-15-24(39-31)25(26(31)30(34)37)28(35)33-22-9-6-10-23(17-22)38-2/h6,9-17,21,24-27H,3-5,7-8,18H2,1-2H3,(H,32,36)(H,33,35). The molecule has 8 nitrogen and oxygen atoms in total. The van der Waals surface area contributed by atoms with E-state index in [9.17, 15) is 14.4 Å². The Morgan fingerprint density at radius 2 is 1.85 bits per heavy atom. The minimum absolute atomic E-state index is 0.0905. The van der Waals surface area contributed by atoms with Crippen LogP contribution in [0.15, 0.2) is 60.7 Å². The second-order valence-electron chi connectivity index (χ2n) is 11.2. The fourth-order valence-corrected chi connectivity index (χ4v) is 6.78. The maximum atomic E-state index is 14.1. The number of likely N-dealkylation sites (tertiary alicyclic amines) is 1. The van der Waals surface area contributed by atoms with Crippen LogP contribution in [-0.4, -0.2) is 53.5 Å². The van der Waals surface area contributed by atoms with Crippen molar-refractivity contribution in [2.75, 3.05) is 12.4 Å². The van der Waals surface area contributed by atoms with Gasteiger partial charge in [-0.2, -0.15) is 0 Å². The summed E-state index contributed by atoms with van der Waals surface area (Å²) >= 11 is 0. The summed E-state index contributed by atoms with van der Waals surface area (Å²) in [5, 5.41) is 6.18. The van der Waals surface area contributed by atoms with Gasteiger partial charge in [0.25, 0.3) is 0 Å². The molecule has 2 aromatic rings. The molecular formula is C31H35N3O5. The van der Waals surface area contributed by atoms with E-state index in [0.717, 1.165) is 36.8 Å². The van der Waals surface area contributed by atoms with Gasteiger partial charge in [-0.25, -0.2) is 0 Å². The molecule has 5 atom stereocenters. The first kappa shape index (κ1) is 25.6. The second kappa shape index (κ2) is 10.2. The lowest BCUT2D eigenvalue weighted by atomic mass is 9.74. The quantitative estimate of drug-likeness (QED) is 0.533. The highest BCUT2D eigenvalue weighted by Gasteiger charge is 2.72. The molecule has 6 rings (SSSR count). The van der Waals surface area contributed by atoms with Gasteiger partial charge in [-0.1, -0.05) is 67.3 Å². The predicted molar refractivity (Wildman–Crippen MR) is 146 cm³/mol. The lowest BCUT2D eigenvalue weighted by Crippen LogP contribution is -2.56. The van der Waals surface area contributed by atoms with E-state index in [1.54, 1.807) is 36.3 Å². The molecule has 5 unspecified atom stereocenters. The van der Waals surface area contributed by atoms with Crippen molar-refractivity contribution in [1.29, 1.82) is 0 Å². The molecule has 1 spiro atoms. The Hall–Kier alpha value is -3.65. The van der Waals surface area contributed by atoms with Crippen molar-refractivity contribution in [2.45, 2.75) is 69.4 Å². The minimum atomic E-state index is -1.18. The van der Waals surface area contributed by atoms with Crippen LogP contribution in [0.2, 0.25) is 0 Å². The van der Waals surface area contributed by atoms with Gasteiger partial charge < -0.3 is 25.0 Å². The maximum Gasteiger partial charge on any atom is 0.246 e. The Kier molecular flexibility index (Phi) is 6.67. The van der Waals surface area contributed by atoms with Crippen LogP contribution in [0, 0.1) is 18.8 Å². The third-order valence-corrected chi connectivity index (χ3v) is 8.69. The number of fused-ring (bicyclic) bond motifs is 1. The van der Waals surface area contributed by atoms with Crippen molar-refractivity contribution in [3.8, 4) is 5.75 Å². The van der Waals surface area contributed by atoms with Crippen LogP contribution in [0.1, 0.15) is 43.2 Å². The van der Waals surface area contributed by atoms with Crippen LogP contribution in [0.4, 0.5) is 5.69 Å². The van der Waals surface area contributed by atoms with Gasteiger partial charge in [0.05, 0.1) is 25.0 Å². The molecule has 4 aliphatic rings. The molecule has 3 heterocycles. The number of carbonyl (C=O) groups is 3. The highest BCUT2D eigenvalue weighted by atomic mass is 16.5. The van der Waals surface area contributed by atoms with Crippen molar-refractivity contribution in [2.24, 2.45) is 11.8 Å². The molecule has 0 aromatic heterocycles. The molecule has 3 fully saturated rings. The summed E-state index contributed by atoms with van der Waals surface area (Å²) in [4.78, 5) is 43.4. The Morgan fingerprint density at radius 3 is 2.59 bits per heavy atom. The first-order chi connectivity index (χ1) is 18.9. The Balaban J connectivity index is 1.32. The smallest absolute Gasteiger partial charge is 0.246 e. The van der Waals surface area contributed by atoms with E-state index < -0.39 is 29.6 Å². The van der Waals surface area contributed by atoms with E-state index in [1.807, 2.05) is 43.3 Å². The average molecular weight is 530 g/mol. The zero-order valence-electron chi connectivity index (χ0n) is 22.4. The van der Waals surface area contributed by atoms with Gasteiger partial charge in [-0.15, -0.1) is 0 Å². The van der Waals surface area contributed by atoms with Crippen molar-refractivity contribution in [3.63, 3.8) is 0 Å². The molecule has 1 saturated carbocycles. The third-order valence-electron chi connectivity index (χ3n) is 8.69. The summed E-state index contributed by atoms with van der Waals surface area (Å²) in [5.41, 5.74) is 1.44. The van der Waals surface area contributed by atoms with Crippen LogP contribution < -0.4 is 15.4 Å². The summed E-state index contributed by atoms with van der Waals surface area (Å²) in [6, 6.07) is 14.3. The lowest BCUT2D eigenvalue weighted by molar-refractivity contribution is -0.142. The molecular weight excluding hydrogens is 494 g/mol. The zero-order valence-corrected chi connectivity index (χ0v) is 22.4. The number of amides is 3. The monoisotopic (exact) mass is 529 g/mol. The highest BCUT2D eigenvalue weighted by Crippen LogP contribution is 2.55. The highest BCUT2D eigenvalue weighted by molar-refractivity contribution is 6.02. The molecule has 1 aliphatic carbocycles. The molecule has 2 bridgehead atoms. The number of aryl methyl sites for hydroxylation is 1. The molecule has 2 aromatic carbocycles. The van der Waals surface area contributed by atoms with Gasteiger partial charge in [0.15, 0.2) is 0 Å². The van der Waals surface area contributed by atoms with Crippen molar-refractivity contribution in [1.82, 2.24) is 10.2 Å². The summed E-state index contributed by atoms with van der Waals surface area (Å²) in [6.07, 6.45) is 8.34. The van der Waals surface area contributed by atoms with E-state index in [-0.39, 0.29) is 30.3 Å². The van der Waals surface area contributed by atoms with E-state index in [0.29, 0.717) is 11.4 Å². The van der Waals surface area contributed by atoms with Gasteiger partial charge in [-0.05, 0) is 37.5 Å². The molecule has 8 heteroatoms. The van der Waals surface area contributed by atoms with Crippen molar-refractivity contribution < 1.29 is 23.9 Å². The number of carbonyl (C=O) groups excluding carboxylic acids is 3. The van der Waals surface area contributed by atoms with Crippen LogP contribution in [0.3, 0.4) is 0 Å². The Labute approximate surface area is 228 Å². The Bertz CT molecular complexity index is 1300.